The molecule has 0 aliphatic carbocycles. The summed E-state index contributed by atoms with van der Waals surface area (Å²) in [5.74, 6) is 0.403. The zero-order chi connectivity index (χ0) is 16.4. The molecule has 3 heterocycles. The molecule has 2 aromatic rings. The van der Waals surface area contributed by atoms with E-state index in [-0.39, 0.29) is 11.7 Å². The summed E-state index contributed by atoms with van der Waals surface area (Å²) in [6.07, 6.45) is 2.64. The number of hydrogen-bond acceptors (Lipinski definition) is 6. The molecule has 0 spiro atoms. The van der Waals surface area contributed by atoms with Crippen molar-refractivity contribution in [1.82, 2.24) is 19.3 Å². The minimum atomic E-state index is -2.82. The monoisotopic (exact) mass is 341 g/mol. The zero-order valence-corrected chi connectivity index (χ0v) is 13.4. The number of halogens is 2. The third kappa shape index (κ3) is 3.61. The maximum atomic E-state index is 12.7. The van der Waals surface area contributed by atoms with Gasteiger partial charge in [-0.1, -0.05) is 11.9 Å². The first-order chi connectivity index (χ1) is 11.1. The Morgan fingerprint density at radius 1 is 1.43 bits per heavy atom. The van der Waals surface area contributed by atoms with E-state index in [1.165, 1.54) is 6.20 Å². The summed E-state index contributed by atoms with van der Waals surface area (Å²) in [6, 6.07) is 1.41. The van der Waals surface area contributed by atoms with Gasteiger partial charge in [0.25, 0.3) is 12.0 Å². The number of H-pyrrole nitrogens is 1. The highest BCUT2D eigenvalue weighted by molar-refractivity contribution is 7.96. The highest BCUT2D eigenvalue weighted by Gasteiger charge is 2.19. The van der Waals surface area contributed by atoms with E-state index in [4.69, 9.17) is 0 Å². The fourth-order valence-corrected chi connectivity index (χ4v) is 3.18. The van der Waals surface area contributed by atoms with Crippen LogP contribution in [0.25, 0.3) is 11.0 Å². The van der Waals surface area contributed by atoms with Crippen molar-refractivity contribution in [3.8, 4) is 0 Å². The Morgan fingerprint density at radius 3 is 2.83 bits per heavy atom. The van der Waals surface area contributed by atoms with Crippen molar-refractivity contribution in [2.45, 2.75) is 25.3 Å². The Hall–Kier alpha value is -1.74. The predicted octanol–water partition coefficient (Wildman–Crippen LogP) is 2.41. The van der Waals surface area contributed by atoms with Crippen molar-refractivity contribution in [2.24, 2.45) is 0 Å². The normalized spacial score (nSPS) is 17.0. The van der Waals surface area contributed by atoms with Crippen molar-refractivity contribution >= 4 is 28.9 Å². The largest absolute Gasteiger partial charge is 0.351 e. The highest BCUT2D eigenvalue weighted by Crippen LogP contribution is 2.20. The quantitative estimate of drug-likeness (QED) is 0.832. The number of pyridine rings is 1. The van der Waals surface area contributed by atoms with E-state index >= 15 is 0 Å². The van der Waals surface area contributed by atoms with Crippen LogP contribution in [-0.4, -0.2) is 44.6 Å². The van der Waals surface area contributed by atoms with E-state index in [1.807, 2.05) is 0 Å². The summed E-state index contributed by atoms with van der Waals surface area (Å²) in [6.45, 7) is 1.97. The van der Waals surface area contributed by atoms with Gasteiger partial charge in [-0.2, -0.15) is 4.98 Å². The van der Waals surface area contributed by atoms with E-state index in [9.17, 15) is 13.6 Å². The van der Waals surface area contributed by atoms with Crippen LogP contribution in [-0.2, 0) is 0 Å². The lowest BCUT2D eigenvalue weighted by Crippen LogP contribution is -2.35. The number of fused-ring (bicyclic) bond motifs is 1. The molecule has 1 saturated heterocycles. The van der Waals surface area contributed by atoms with E-state index in [0.29, 0.717) is 11.3 Å². The lowest BCUT2D eigenvalue weighted by Gasteiger charge is -2.30. The maximum absolute atomic E-state index is 12.7. The van der Waals surface area contributed by atoms with Gasteiger partial charge >= 0.3 is 0 Å². The Bertz CT molecular complexity index is 746. The third-order valence-electron chi connectivity index (χ3n) is 3.90. The molecule has 1 aliphatic rings. The number of hydrogen-bond donors (Lipinski definition) is 2. The molecule has 1 fully saturated rings. The number of rotatable bonds is 4. The van der Waals surface area contributed by atoms with Crippen LogP contribution in [0.3, 0.4) is 0 Å². The van der Waals surface area contributed by atoms with Crippen molar-refractivity contribution in [2.75, 3.05) is 24.7 Å². The lowest BCUT2D eigenvalue weighted by molar-refractivity contribution is 0.150. The average Bonchev–Trinajstić information content (AvgIpc) is 2.54. The minimum Gasteiger partial charge on any atom is -0.351 e. The second kappa shape index (κ2) is 6.79. The molecule has 6 nitrogen and oxygen atoms in total. The Balaban J connectivity index is 1.78. The standard InChI is InChI=1S/C14H17F2N5OS/c1-23-21-4-2-9(3-5-21)18-14-17-7-8-6-10(11(15)16)13(22)19-12(8)20-14/h6-7,9,11H,2-5H2,1H3,(H2,17,18,19,20,22). The van der Waals surface area contributed by atoms with Crippen LogP contribution in [0.1, 0.15) is 24.8 Å². The van der Waals surface area contributed by atoms with Gasteiger partial charge in [0.1, 0.15) is 5.65 Å². The van der Waals surface area contributed by atoms with Gasteiger partial charge in [-0.3, -0.25) is 9.10 Å². The predicted molar refractivity (Wildman–Crippen MR) is 86.8 cm³/mol. The number of piperidine rings is 1. The van der Waals surface area contributed by atoms with Crippen LogP contribution >= 0.6 is 11.9 Å². The average molecular weight is 341 g/mol. The first-order valence-electron chi connectivity index (χ1n) is 7.30. The number of alkyl halides is 2. The highest BCUT2D eigenvalue weighted by atomic mass is 32.2. The van der Waals surface area contributed by atoms with Crippen LogP contribution in [0.15, 0.2) is 17.1 Å². The lowest BCUT2D eigenvalue weighted by atomic mass is 10.1. The van der Waals surface area contributed by atoms with Gasteiger partial charge < -0.3 is 10.3 Å². The first-order valence-corrected chi connectivity index (χ1v) is 8.48. The van der Waals surface area contributed by atoms with Gasteiger partial charge in [-0.05, 0) is 25.2 Å². The molecule has 0 amide bonds. The molecule has 0 radical (unpaired) electrons. The first kappa shape index (κ1) is 16.1. The van der Waals surface area contributed by atoms with Gasteiger partial charge in [-0.25, -0.2) is 13.8 Å². The van der Waals surface area contributed by atoms with Gasteiger partial charge in [0.2, 0.25) is 5.95 Å². The molecular weight excluding hydrogens is 324 g/mol. The number of aromatic nitrogens is 3. The van der Waals surface area contributed by atoms with E-state index in [1.54, 1.807) is 11.9 Å². The molecular formula is C14H17F2N5OS. The molecule has 124 valence electrons. The number of aromatic amines is 1. The topological polar surface area (TPSA) is 73.9 Å². The summed E-state index contributed by atoms with van der Waals surface area (Å²) in [5.41, 5.74) is -1.12. The van der Waals surface area contributed by atoms with Crippen LogP contribution in [0.4, 0.5) is 14.7 Å². The second-order valence-corrected chi connectivity index (χ2v) is 6.26. The van der Waals surface area contributed by atoms with E-state index in [0.717, 1.165) is 32.0 Å². The summed E-state index contributed by atoms with van der Waals surface area (Å²) >= 11 is 1.73. The second-order valence-electron chi connectivity index (χ2n) is 5.38. The molecule has 9 heteroatoms. The molecule has 0 unspecified atom stereocenters. The van der Waals surface area contributed by atoms with Crippen molar-refractivity contribution in [1.29, 1.82) is 0 Å². The SMILES string of the molecule is CSN1CCC(Nc2ncc3cc(C(F)F)c(=O)[nH]c3n2)CC1. The number of nitrogens with zero attached hydrogens (tertiary/aromatic N) is 3. The van der Waals surface area contributed by atoms with Crippen molar-refractivity contribution in [3.63, 3.8) is 0 Å². The molecule has 23 heavy (non-hydrogen) atoms. The van der Waals surface area contributed by atoms with Crippen LogP contribution in [0.5, 0.6) is 0 Å². The molecule has 0 atom stereocenters. The Morgan fingerprint density at radius 2 is 2.17 bits per heavy atom. The van der Waals surface area contributed by atoms with Crippen LogP contribution < -0.4 is 10.9 Å². The fraction of sp³-hybridized carbons (Fsp3) is 0.500. The maximum Gasteiger partial charge on any atom is 0.269 e. The minimum absolute atomic E-state index is 0.262. The smallest absolute Gasteiger partial charge is 0.269 e. The molecule has 1 aliphatic heterocycles. The molecule has 2 aromatic heterocycles. The Labute approximate surface area is 135 Å². The summed E-state index contributed by atoms with van der Waals surface area (Å²) in [5, 5.41) is 3.64. The summed E-state index contributed by atoms with van der Waals surface area (Å²) in [7, 11) is 0. The number of nitrogens with one attached hydrogen (secondary N) is 2. The van der Waals surface area contributed by atoms with E-state index < -0.39 is 17.5 Å². The summed E-state index contributed by atoms with van der Waals surface area (Å²) < 4.78 is 27.7. The van der Waals surface area contributed by atoms with Gasteiger partial charge in [0.05, 0.1) is 5.56 Å². The molecule has 0 bridgehead atoms. The van der Waals surface area contributed by atoms with E-state index in [2.05, 4.69) is 30.8 Å². The van der Waals surface area contributed by atoms with Gasteiger partial charge in [-0.15, -0.1) is 0 Å². The number of anilines is 1. The summed E-state index contributed by atoms with van der Waals surface area (Å²) in [4.78, 5) is 22.4. The van der Waals surface area contributed by atoms with Gasteiger partial charge in [0.15, 0.2) is 0 Å². The van der Waals surface area contributed by atoms with Crippen molar-refractivity contribution < 1.29 is 8.78 Å². The molecule has 2 N–H and O–H groups in total. The van der Waals surface area contributed by atoms with Crippen molar-refractivity contribution in [3.05, 3.63) is 28.2 Å². The van der Waals surface area contributed by atoms with Gasteiger partial charge in [0, 0.05) is 30.7 Å². The van der Waals surface area contributed by atoms with Crippen LogP contribution in [0, 0.1) is 0 Å². The molecule has 3 rings (SSSR count). The van der Waals surface area contributed by atoms with Crippen LogP contribution in [0.2, 0.25) is 0 Å². The third-order valence-corrected chi connectivity index (χ3v) is 4.78. The Kier molecular flexibility index (Phi) is 4.76. The fourth-order valence-electron chi connectivity index (χ4n) is 2.61. The zero-order valence-electron chi connectivity index (χ0n) is 12.6. The molecule has 0 saturated carbocycles. The molecule has 0 aromatic carbocycles.